The molecule has 21 heavy (non-hydrogen) atoms. The summed E-state index contributed by atoms with van der Waals surface area (Å²) in [5.74, 6) is 1.61. The van der Waals surface area contributed by atoms with Crippen molar-refractivity contribution in [3.63, 3.8) is 0 Å². The largest absolute Gasteiger partial charge is 0.366 e. The van der Waals surface area contributed by atoms with E-state index in [1.165, 1.54) is 43.5 Å². The second kappa shape index (κ2) is 6.00. The molecule has 0 aromatic heterocycles. The molecular formula is C19H30N2. The first-order chi connectivity index (χ1) is 10.1. The lowest BCUT2D eigenvalue weighted by Crippen LogP contribution is -2.57. The zero-order valence-corrected chi connectivity index (χ0v) is 14.0. The van der Waals surface area contributed by atoms with E-state index >= 15 is 0 Å². The Labute approximate surface area is 129 Å². The quantitative estimate of drug-likeness (QED) is 0.890. The third-order valence-corrected chi connectivity index (χ3v) is 5.55. The molecule has 1 aromatic rings. The first kappa shape index (κ1) is 14.9. The van der Waals surface area contributed by atoms with Crippen molar-refractivity contribution in [1.82, 2.24) is 5.32 Å². The van der Waals surface area contributed by atoms with Crippen LogP contribution in [0.25, 0.3) is 0 Å². The first-order valence-electron chi connectivity index (χ1n) is 8.63. The van der Waals surface area contributed by atoms with Gasteiger partial charge in [0, 0.05) is 24.3 Å². The number of likely N-dealkylation sites (N-methyl/N-ethyl adjacent to an activating group) is 1. The van der Waals surface area contributed by atoms with Crippen molar-refractivity contribution in [3.8, 4) is 0 Å². The van der Waals surface area contributed by atoms with E-state index in [0.29, 0.717) is 12.1 Å². The van der Waals surface area contributed by atoms with E-state index < -0.39 is 0 Å². The third-order valence-electron chi connectivity index (χ3n) is 5.55. The maximum atomic E-state index is 3.61. The summed E-state index contributed by atoms with van der Waals surface area (Å²) in [5.41, 5.74) is 4.45. The Morgan fingerprint density at radius 1 is 1.19 bits per heavy atom. The van der Waals surface area contributed by atoms with Crippen molar-refractivity contribution < 1.29 is 0 Å². The van der Waals surface area contributed by atoms with Crippen LogP contribution in [0.4, 0.5) is 5.69 Å². The van der Waals surface area contributed by atoms with E-state index in [9.17, 15) is 0 Å². The van der Waals surface area contributed by atoms with Crippen molar-refractivity contribution in [3.05, 3.63) is 29.3 Å². The lowest BCUT2D eigenvalue weighted by Gasteiger charge is -2.48. The van der Waals surface area contributed by atoms with Crippen LogP contribution in [-0.2, 0) is 6.42 Å². The normalized spacial score (nSPS) is 32.9. The maximum absolute atomic E-state index is 3.61. The number of rotatable bonds is 2. The number of hydrogen-bond acceptors (Lipinski definition) is 2. The minimum atomic E-state index is 0.621. The van der Waals surface area contributed by atoms with Crippen molar-refractivity contribution in [2.75, 3.05) is 18.5 Å². The Bertz CT molecular complexity index is 496. The van der Waals surface area contributed by atoms with Crippen LogP contribution >= 0.6 is 0 Å². The highest BCUT2D eigenvalue weighted by Crippen LogP contribution is 2.38. The van der Waals surface area contributed by atoms with Crippen molar-refractivity contribution in [2.24, 2.45) is 11.8 Å². The highest BCUT2D eigenvalue weighted by Gasteiger charge is 2.38. The summed E-state index contributed by atoms with van der Waals surface area (Å²) in [6.45, 7) is 8.29. The summed E-state index contributed by atoms with van der Waals surface area (Å²) < 4.78 is 0. The van der Waals surface area contributed by atoms with Gasteiger partial charge < -0.3 is 10.2 Å². The minimum Gasteiger partial charge on any atom is -0.366 e. The van der Waals surface area contributed by atoms with Gasteiger partial charge in [-0.15, -0.1) is 0 Å². The van der Waals surface area contributed by atoms with Gasteiger partial charge in [-0.05, 0) is 63.1 Å². The van der Waals surface area contributed by atoms with E-state index in [4.69, 9.17) is 0 Å². The topological polar surface area (TPSA) is 15.3 Å². The van der Waals surface area contributed by atoms with Crippen LogP contribution in [0, 0.1) is 18.8 Å². The molecule has 1 aromatic carbocycles. The molecule has 3 rings (SSSR count). The molecule has 0 radical (unpaired) electrons. The van der Waals surface area contributed by atoms with Gasteiger partial charge in [-0.1, -0.05) is 31.5 Å². The van der Waals surface area contributed by atoms with E-state index in [2.05, 4.69) is 56.2 Å². The molecule has 1 aliphatic heterocycles. The standard InChI is InChI=1S/C19H30N2/c1-13-7-8-18-16(11-13)6-5-9-21(18)19-15(3)10-14(2)12-17(19)20-4/h7-8,11,14-15,17,19-20H,5-6,9-10,12H2,1-4H3. The average Bonchev–Trinajstić information content (AvgIpc) is 2.45. The molecule has 4 unspecified atom stereocenters. The second-order valence-electron chi connectivity index (χ2n) is 7.37. The molecular weight excluding hydrogens is 256 g/mol. The fourth-order valence-corrected chi connectivity index (χ4v) is 4.72. The molecule has 2 nitrogen and oxygen atoms in total. The molecule has 2 heteroatoms. The zero-order valence-electron chi connectivity index (χ0n) is 14.0. The monoisotopic (exact) mass is 286 g/mol. The number of benzene rings is 1. The van der Waals surface area contributed by atoms with Crippen LogP contribution in [0.1, 0.15) is 44.2 Å². The summed E-state index contributed by atoms with van der Waals surface area (Å²) in [7, 11) is 2.14. The number of hydrogen-bond donors (Lipinski definition) is 1. The van der Waals surface area contributed by atoms with E-state index in [1.807, 2.05) is 0 Å². The second-order valence-corrected chi connectivity index (χ2v) is 7.37. The van der Waals surface area contributed by atoms with Gasteiger partial charge in [0.05, 0.1) is 0 Å². The average molecular weight is 286 g/mol. The molecule has 1 N–H and O–H groups in total. The van der Waals surface area contributed by atoms with Crippen LogP contribution in [0.3, 0.4) is 0 Å². The van der Waals surface area contributed by atoms with Gasteiger partial charge in [-0.25, -0.2) is 0 Å². The lowest BCUT2D eigenvalue weighted by atomic mass is 9.75. The number of aryl methyl sites for hydroxylation is 2. The molecule has 2 aliphatic rings. The molecule has 0 saturated heterocycles. The number of fused-ring (bicyclic) bond motifs is 1. The van der Waals surface area contributed by atoms with Crippen molar-refractivity contribution >= 4 is 5.69 Å². The summed E-state index contributed by atoms with van der Waals surface area (Å²) in [6.07, 6.45) is 5.21. The highest BCUT2D eigenvalue weighted by atomic mass is 15.2. The molecule has 116 valence electrons. The Kier molecular flexibility index (Phi) is 4.26. The summed E-state index contributed by atoms with van der Waals surface area (Å²) in [4.78, 5) is 2.72. The van der Waals surface area contributed by atoms with Crippen LogP contribution in [-0.4, -0.2) is 25.7 Å². The minimum absolute atomic E-state index is 0.621. The third kappa shape index (κ3) is 2.83. The van der Waals surface area contributed by atoms with E-state index in [1.54, 1.807) is 5.56 Å². The van der Waals surface area contributed by atoms with Crippen LogP contribution < -0.4 is 10.2 Å². The van der Waals surface area contributed by atoms with Crippen LogP contribution in [0.5, 0.6) is 0 Å². The van der Waals surface area contributed by atoms with Crippen molar-refractivity contribution in [1.29, 1.82) is 0 Å². The lowest BCUT2D eigenvalue weighted by molar-refractivity contribution is 0.200. The predicted molar refractivity (Wildman–Crippen MR) is 91.0 cm³/mol. The first-order valence-corrected chi connectivity index (χ1v) is 8.63. The molecule has 0 amide bonds. The number of anilines is 1. The van der Waals surface area contributed by atoms with Gasteiger partial charge in [-0.3, -0.25) is 0 Å². The van der Waals surface area contributed by atoms with Crippen LogP contribution in [0.15, 0.2) is 18.2 Å². The smallest absolute Gasteiger partial charge is 0.0468 e. The van der Waals surface area contributed by atoms with Gasteiger partial charge in [-0.2, -0.15) is 0 Å². The molecule has 0 spiro atoms. The Hall–Kier alpha value is -1.02. The van der Waals surface area contributed by atoms with Gasteiger partial charge in [0.25, 0.3) is 0 Å². The molecule has 1 heterocycles. The van der Waals surface area contributed by atoms with Gasteiger partial charge in [0.15, 0.2) is 0 Å². The molecule has 1 fully saturated rings. The molecule has 1 saturated carbocycles. The molecule has 4 atom stereocenters. The fraction of sp³-hybridized carbons (Fsp3) is 0.684. The van der Waals surface area contributed by atoms with Gasteiger partial charge in [0.1, 0.15) is 0 Å². The number of nitrogens with zero attached hydrogens (tertiary/aromatic N) is 1. The van der Waals surface area contributed by atoms with E-state index in [-0.39, 0.29) is 0 Å². The van der Waals surface area contributed by atoms with Gasteiger partial charge >= 0.3 is 0 Å². The molecule has 0 bridgehead atoms. The Morgan fingerprint density at radius 3 is 2.76 bits per heavy atom. The predicted octanol–water partition coefficient (Wildman–Crippen LogP) is 3.77. The highest BCUT2D eigenvalue weighted by molar-refractivity contribution is 5.58. The summed E-state index contributed by atoms with van der Waals surface area (Å²) in [6, 6.07) is 8.30. The summed E-state index contributed by atoms with van der Waals surface area (Å²) in [5, 5.41) is 3.61. The van der Waals surface area contributed by atoms with Crippen molar-refractivity contribution in [2.45, 2.75) is 58.5 Å². The number of nitrogens with one attached hydrogen (secondary N) is 1. The zero-order chi connectivity index (χ0) is 15.0. The molecule has 1 aliphatic carbocycles. The SMILES string of the molecule is CNC1CC(C)CC(C)C1N1CCCc2cc(C)ccc21. The maximum Gasteiger partial charge on any atom is 0.0468 e. The van der Waals surface area contributed by atoms with Gasteiger partial charge in [0.2, 0.25) is 0 Å². The summed E-state index contributed by atoms with van der Waals surface area (Å²) >= 11 is 0. The Balaban J connectivity index is 1.93. The van der Waals surface area contributed by atoms with E-state index in [0.717, 1.165) is 11.8 Å². The Morgan fingerprint density at radius 2 is 2.00 bits per heavy atom. The fourth-order valence-electron chi connectivity index (χ4n) is 4.72. The van der Waals surface area contributed by atoms with Crippen LogP contribution in [0.2, 0.25) is 0 Å².